The minimum absolute atomic E-state index is 0.167. The second-order valence-corrected chi connectivity index (χ2v) is 6.99. The van der Waals surface area contributed by atoms with Crippen LogP contribution >= 0.6 is 0 Å². The molecule has 4 heteroatoms. The fourth-order valence-corrected chi connectivity index (χ4v) is 2.57. The van der Waals surface area contributed by atoms with Crippen molar-refractivity contribution in [2.75, 3.05) is 13.1 Å². The molecule has 0 unspecified atom stereocenters. The van der Waals surface area contributed by atoms with Gasteiger partial charge in [0, 0.05) is 18.8 Å². The standard InChI is InChI=1S/C12H12O2.C11H17N.C3H6O/c1-9(13)12(10(2)14)8-11-6-4-3-5-7-11;1-4-12(5-2)11-8-6-10(3)7-9-11;1-3(2)4/h3-8H,1-2H3;6,8-9H,3-5,7H2,1-2H3;1-2H3. The lowest BCUT2D eigenvalue weighted by molar-refractivity contribution is -0.119. The quantitative estimate of drug-likeness (QED) is 0.350. The van der Waals surface area contributed by atoms with Crippen molar-refractivity contribution in [3.05, 3.63) is 77.5 Å². The van der Waals surface area contributed by atoms with E-state index in [4.69, 9.17) is 0 Å². The Morgan fingerprint density at radius 3 is 1.80 bits per heavy atom. The Kier molecular flexibility index (Phi) is 13.4. The number of hydrogen-bond acceptors (Lipinski definition) is 4. The Hall–Kier alpha value is -3.01. The highest BCUT2D eigenvalue weighted by atomic mass is 16.1. The average Bonchev–Trinajstić information content (AvgIpc) is 2.69. The first-order valence-electron chi connectivity index (χ1n) is 10.2. The smallest absolute Gasteiger partial charge is 0.163 e. The molecule has 0 atom stereocenters. The van der Waals surface area contributed by atoms with Gasteiger partial charge in [-0.2, -0.15) is 0 Å². The number of likely N-dealkylation sites (N-methyl/N-ethyl adjacent to an activating group) is 1. The van der Waals surface area contributed by atoms with Crippen LogP contribution < -0.4 is 0 Å². The SMILES string of the molecule is C=C1C=CC(N(CC)CC)=CC1.CC(=O)C(=Cc1ccccc1)C(C)=O.CC(C)=O. The largest absolute Gasteiger partial charge is 0.372 e. The summed E-state index contributed by atoms with van der Waals surface area (Å²) < 4.78 is 0. The Morgan fingerprint density at radius 2 is 1.43 bits per heavy atom. The molecule has 0 bridgehead atoms. The Labute approximate surface area is 181 Å². The topological polar surface area (TPSA) is 54.5 Å². The predicted molar refractivity (Wildman–Crippen MR) is 126 cm³/mol. The first-order chi connectivity index (χ1) is 14.1. The zero-order valence-corrected chi connectivity index (χ0v) is 19.2. The van der Waals surface area contributed by atoms with Crippen molar-refractivity contribution in [3.63, 3.8) is 0 Å². The van der Waals surface area contributed by atoms with E-state index in [9.17, 15) is 14.4 Å². The molecule has 0 N–H and O–H groups in total. The molecule has 0 saturated carbocycles. The highest BCUT2D eigenvalue weighted by molar-refractivity contribution is 6.21. The van der Waals surface area contributed by atoms with E-state index < -0.39 is 0 Å². The van der Waals surface area contributed by atoms with Gasteiger partial charge in [0.2, 0.25) is 0 Å². The van der Waals surface area contributed by atoms with Gasteiger partial charge in [-0.25, -0.2) is 0 Å². The van der Waals surface area contributed by atoms with E-state index in [0.717, 1.165) is 25.1 Å². The van der Waals surface area contributed by atoms with Crippen LogP contribution in [0, 0.1) is 0 Å². The van der Waals surface area contributed by atoms with Crippen molar-refractivity contribution in [1.82, 2.24) is 4.90 Å². The number of benzene rings is 1. The minimum atomic E-state index is -0.193. The van der Waals surface area contributed by atoms with Gasteiger partial charge < -0.3 is 9.69 Å². The molecule has 1 aromatic carbocycles. The molecule has 0 spiro atoms. The fraction of sp³-hybridized carbons (Fsp3) is 0.346. The predicted octanol–water partition coefficient (Wildman–Crippen LogP) is 5.57. The summed E-state index contributed by atoms with van der Waals surface area (Å²) in [5.74, 6) is -0.220. The summed E-state index contributed by atoms with van der Waals surface area (Å²) in [4.78, 5) is 34.0. The second kappa shape index (κ2) is 14.9. The number of Topliss-reactive ketones (excluding diaryl/α,β-unsaturated/α-hetero) is 3. The number of allylic oxidation sites excluding steroid dienone is 5. The summed E-state index contributed by atoms with van der Waals surface area (Å²) in [7, 11) is 0. The van der Waals surface area contributed by atoms with Crippen molar-refractivity contribution >= 4 is 23.4 Å². The van der Waals surface area contributed by atoms with E-state index in [1.54, 1.807) is 6.08 Å². The van der Waals surface area contributed by atoms with Crippen molar-refractivity contribution in [1.29, 1.82) is 0 Å². The van der Waals surface area contributed by atoms with Gasteiger partial charge in [0.05, 0.1) is 5.57 Å². The van der Waals surface area contributed by atoms with Gasteiger partial charge in [-0.15, -0.1) is 0 Å². The second-order valence-electron chi connectivity index (χ2n) is 6.99. The lowest BCUT2D eigenvalue weighted by atomic mass is 10.1. The van der Waals surface area contributed by atoms with Crippen LogP contribution in [0.25, 0.3) is 6.08 Å². The third kappa shape index (κ3) is 11.7. The van der Waals surface area contributed by atoms with Gasteiger partial charge in [0.1, 0.15) is 5.78 Å². The van der Waals surface area contributed by atoms with Crippen LogP contribution in [0.5, 0.6) is 0 Å². The summed E-state index contributed by atoms with van der Waals surface area (Å²) in [5, 5.41) is 0. The molecule has 0 heterocycles. The molecule has 0 amide bonds. The molecule has 0 aliphatic heterocycles. The summed E-state index contributed by atoms with van der Waals surface area (Å²) >= 11 is 0. The third-order valence-corrected chi connectivity index (χ3v) is 4.06. The number of rotatable bonds is 6. The average molecular weight is 410 g/mol. The zero-order chi connectivity index (χ0) is 23.1. The number of carbonyl (C=O) groups is 3. The molecule has 4 nitrogen and oxygen atoms in total. The van der Waals surface area contributed by atoms with Gasteiger partial charge in [0.25, 0.3) is 0 Å². The lowest BCUT2D eigenvalue weighted by Crippen LogP contribution is -2.21. The fourth-order valence-electron chi connectivity index (χ4n) is 2.57. The van der Waals surface area contributed by atoms with Gasteiger partial charge in [-0.05, 0) is 65.7 Å². The maximum atomic E-state index is 11.1. The molecule has 0 fully saturated rings. The monoisotopic (exact) mass is 409 g/mol. The van der Waals surface area contributed by atoms with Gasteiger partial charge in [-0.3, -0.25) is 9.59 Å². The van der Waals surface area contributed by atoms with Crippen LogP contribution in [0.15, 0.2) is 72.0 Å². The first kappa shape index (κ1) is 27.0. The van der Waals surface area contributed by atoms with Crippen LogP contribution in [-0.2, 0) is 14.4 Å². The normalized spacial score (nSPS) is 11.7. The molecule has 0 radical (unpaired) electrons. The molecule has 0 saturated heterocycles. The van der Waals surface area contributed by atoms with Crippen molar-refractivity contribution in [2.24, 2.45) is 0 Å². The number of nitrogens with zero attached hydrogens (tertiary/aromatic N) is 1. The maximum Gasteiger partial charge on any atom is 0.163 e. The minimum Gasteiger partial charge on any atom is -0.372 e. The summed E-state index contributed by atoms with van der Waals surface area (Å²) in [6.45, 7) is 16.3. The van der Waals surface area contributed by atoms with E-state index >= 15 is 0 Å². The summed E-state index contributed by atoms with van der Waals surface area (Å²) in [5.41, 5.74) is 3.66. The zero-order valence-electron chi connectivity index (χ0n) is 19.2. The molecular formula is C26H35NO3. The van der Waals surface area contributed by atoms with Crippen molar-refractivity contribution in [2.45, 2.75) is 48.0 Å². The van der Waals surface area contributed by atoms with Crippen LogP contribution in [0.3, 0.4) is 0 Å². The number of ketones is 3. The van der Waals surface area contributed by atoms with Crippen molar-refractivity contribution in [3.8, 4) is 0 Å². The number of hydrogen-bond donors (Lipinski definition) is 0. The van der Waals surface area contributed by atoms with E-state index in [1.165, 1.54) is 39.0 Å². The Balaban J connectivity index is 0.000000481. The maximum absolute atomic E-state index is 11.1. The Morgan fingerprint density at radius 1 is 0.933 bits per heavy atom. The van der Waals surface area contributed by atoms with Crippen LogP contribution in [0.1, 0.15) is 53.5 Å². The number of carbonyl (C=O) groups excluding carboxylic acids is 3. The van der Waals surface area contributed by atoms with Gasteiger partial charge in [-0.1, -0.05) is 54.6 Å². The van der Waals surface area contributed by atoms with E-state index in [0.29, 0.717) is 0 Å². The molecule has 1 aliphatic rings. The molecule has 1 aromatic rings. The first-order valence-corrected chi connectivity index (χ1v) is 10.2. The van der Waals surface area contributed by atoms with Gasteiger partial charge in [0.15, 0.2) is 11.6 Å². The van der Waals surface area contributed by atoms with E-state index in [1.807, 2.05) is 30.3 Å². The highest BCUT2D eigenvalue weighted by Crippen LogP contribution is 2.16. The van der Waals surface area contributed by atoms with E-state index in [-0.39, 0.29) is 22.9 Å². The molecule has 0 aromatic heterocycles. The van der Waals surface area contributed by atoms with Crippen LogP contribution in [0.4, 0.5) is 0 Å². The third-order valence-electron chi connectivity index (χ3n) is 4.06. The van der Waals surface area contributed by atoms with E-state index in [2.05, 4.69) is 43.6 Å². The molecular weight excluding hydrogens is 374 g/mol. The van der Waals surface area contributed by atoms with Crippen LogP contribution in [0.2, 0.25) is 0 Å². The lowest BCUT2D eigenvalue weighted by Gasteiger charge is -2.24. The van der Waals surface area contributed by atoms with Gasteiger partial charge >= 0.3 is 0 Å². The molecule has 30 heavy (non-hydrogen) atoms. The summed E-state index contributed by atoms with van der Waals surface area (Å²) in [6.07, 6.45) is 9.12. The Bertz CT molecular complexity index is 790. The van der Waals surface area contributed by atoms with Crippen molar-refractivity contribution < 1.29 is 14.4 Å². The molecule has 162 valence electrons. The molecule has 2 rings (SSSR count). The van der Waals surface area contributed by atoms with Crippen LogP contribution in [-0.4, -0.2) is 35.3 Å². The summed E-state index contributed by atoms with van der Waals surface area (Å²) in [6, 6.07) is 9.32. The molecule has 1 aliphatic carbocycles. The highest BCUT2D eigenvalue weighted by Gasteiger charge is 2.08.